The number of thioether (sulfide) groups is 1. The molecule has 61 heavy (non-hydrogen) atoms. The van der Waals surface area contributed by atoms with E-state index in [1.165, 1.54) is 11.8 Å². The Morgan fingerprint density at radius 3 is 1.70 bits per heavy atom. The molecule has 0 aliphatic heterocycles. The summed E-state index contributed by atoms with van der Waals surface area (Å²) in [5, 5.41) is 48.0. The van der Waals surface area contributed by atoms with Gasteiger partial charge in [0.25, 0.3) is 0 Å². The molecule has 0 aliphatic carbocycles. The smallest absolute Gasteiger partial charge is 0.326 e. The topological polar surface area (TPSA) is 401 Å². The van der Waals surface area contributed by atoms with Crippen LogP contribution in [0.2, 0.25) is 0 Å². The van der Waals surface area contributed by atoms with E-state index in [1.54, 1.807) is 34.0 Å². The molecule has 0 aromatic carbocycles. The van der Waals surface area contributed by atoms with E-state index in [4.69, 9.17) is 17.2 Å². The summed E-state index contributed by atoms with van der Waals surface area (Å²) in [6, 6.07) is -9.05. The molecule has 0 radical (unpaired) electrons. The van der Waals surface area contributed by atoms with Gasteiger partial charge in [-0.25, -0.2) is 4.79 Å². The Kier molecular flexibility index (Phi) is 27.7. The van der Waals surface area contributed by atoms with Crippen molar-refractivity contribution in [2.75, 3.05) is 50.6 Å². The van der Waals surface area contributed by atoms with Crippen molar-refractivity contribution in [2.45, 2.75) is 95.7 Å². The molecule has 348 valence electrons. The van der Waals surface area contributed by atoms with E-state index in [9.17, 15) is 58.5 Å². The van der Waals surface area contributed by atoms with E-state index in [2.05, 4.69) is 60.2 Å². The zero-order valence-corrected chi connectivity index (χ0v) is 36.7. The first-order chi connectivity index (χ1) is 28.7. The summed E-state index contributed by atoms with van der Waals surface area (Å²) in [5.41, 5.74) is 16.2. The fourth-order valence-corrected chi connectivity index (χ4v) is 5.70. The molecular weight excluding hydrogens is 845 g/mol. The number of aliphatic hydroxyl groups is 2. The summed E-state index contributed by atoms with van der Waals surface area (Å²) in [6.07, 6.45) is 2.37. The van der Waals surface area contributed by atoms with Gasteiger partial charge in [0.15, 0.2) is 5.96 Å². The highest BCUT2D eigenvalue weighted by Gasteiger charge is 2.34. The number of carboxylic acid groups (broad SMARTS) is 1. The minimum Gasteiger partial charge on any atom is -0.480 e. The van der Waals surface area contributed by atoms with E-state index in [1.807, 2.05) is 0 Å². The van der Waals surface area contributed by atoms with Crippen LogP contribution in [-0.4, -0.2) is 167 Å². The minimum atomic E-state index is -1.57. The van der Waals surface area contributed by atoms with Crippen LogP contribution in [0.5, 0.6) is 0 Å². The van der Waals surface area contributed by atoms with E-state index in [-0.39, 0.29) is 37.5 Å². The Morgan fingerprint density at radius 1 is 0.672 bits per heavy atom. The number of hydrogen-bond donors (Lipinski definition) is 15. The third kappa shape index (κ3) is 22.0. The Bertz CT molecular complexity index is 1520. The number of nitrogens with two attached hydrogens (primary N) is 3. The molecule has 0 aromatic heterocycles. The van der Waals surface area contributed by atoms with Crippen LogP contribution in [0.25, 0.3) is 0 Å². The number of thiol groups is 1. The first-order valence-electron chi connectivity index (χ1n) is 19.4. The second kappa shape index (κ2) is 30.2. The van der Waals surface area contributed by atoms with Crippen LogP contribution < -0.4 is 59.7 Å². The normalized spacial score (nSPS) is 14.9. The number of amides is 8. The first-order valence-corrected chi connectivity index (χ1v) is 21.4. The lowest BCUT2D eigenvalue weighted by molar-refractivity contribution is -0.142. The van der Waals surface area contributed by atoms with Crippen molar-refractivity contribution in [2.24, 2.45) is 34.0 Å². The van der Waals surface area contributed by atoms with Gasteiger partial charge in [0.1, 0.15) is 36.3 Å². The zero-order chi connectivity index (χ0) is 46.8. The standard InChI is InChI=1S/C35H64N12O12S2/c1-6-18(4)27(32(56)41-12-24(50)40-13-25(51)42-22(14-48)30(54)44-21(34(58)59)8-7-10-39-35(37)38)47-29(53)20(9-11-61-5)43-31(55)23(15-49)45-33(57)26(17(2)3)46-28(52)19(36)16-60/h17-23,26-27,48-49,60H,6-16,36H2,1-5H3,(H,40,50)(H,41,56)(H,42,51)(H,43,55)(H,44,54)(H,45,57)(H,46,52)(H,47,53)(H,58,59)(H4,37,38,39)/t18-,19-,20-,21-,22-,23-,26-,27-/m0/s1. The van der Waals surface area contributed by atoms with Crippen molar-refractivity contribution in [1.82, 2.24) is 42.5 Å². The molecule has 8 amide bonds. The highest BCUT2D eigenvalue weighted by molar-refractivity contribution is 7.98. The summed E-state index contributed by atoms with van der Waals surface area (Å²) in [4.78, 5) is 118. The fourth-order valence-electron chi connectivity index (χ4n) is 5.06. The van der Waals surface area contributed by atoms with Crippen molar-refractivity contribution in [3.05, 3.63) is 0 Å². The predicted octanol–water partition coefficient (Wildman–Crippen LogP) is -6.04. The number of aliphatic imine (C=N–C) groups is 1. The monoisotopic (exact) mass is 908 g/mol. The Balaban J connectivity index is 5.52. The van der Waals surface area contributed by atoms with Gasteiger partial charge >= 0.3 is 5.97 Å². The number of carboxylic acids is 1. The molecule has 24 nitrogen and oxygen atoms in total. The van der Waals surface area contributed by atoms with Crippen molar-refractivity contribution >= 4 is 83.6 Å². The number of nitrogens with one attached hydrogen (secondary N) is 8. The van der Waals surface area contributed by atoms with Gasteiger partial charge in [0.05, 0.1) is 32.3 Å². The molecule has 0 fully saturated rings. The molecule has 0 rings (SSSR count). The largest absolute Gasteiger partial charge is 0.480 e. The molecule has 0 saturated carbocycles. The highest BCUT2D eigenvalue weighted by Crippen LogP contribution is 2.10. The molecule has 0 aliphatic rings. The Hall–Kier alpha value is -4.92. The van der Waals surface area contributed by atoms with Crippen molar-refractivity contribution in [1.29, 1.82) is 0 Å². The van der Waals surface area contributed by atoms with Gasteiger partial charge in [-0.05, 0) is 43.1 Å². The number of rotatable bonds is 30. The average molecular weight is 909 g/mol. The van der Waals surface area contributed by atoms with Gasteiger partial charge in [-0.3, -0.25) is 43.3 Å². The van der Waals surface area contributed by atoms with Gasteiger partial charge in [-0.15, -0.1) is 0 Å². The average Bonchev–Trinajstić information content (AvgIpc) is 3.22. The maximum Gasteiger partial charge on any atom is 0.326 e. The number of aliphatic carboxylic acids is 1. The molecule has 0 saturated heterocycles. The van der Waals surface area contributed by atoms with Crippen LogP contribution in [0.15, 0.2) is 4.99 Å². The van der Waals surface area contributed by atoms with Crippen LogP contribution in [0, 0.1) is 11.8 Å². The molecule has 8 atom stereocenters. The SMILES string of the molecule is CC[C@H](C)[C@H](NC(=O)[C@H](CCSC)NC(=O)[C@H](CO)NC(=O)[C@@H](NC(=O)[C@@H](N)CS)C(C)C)C(=O)NCC(=O)NCC(=O)N[C@@H](CO)C(=O)N[C@@H](CCCN=C(N)N)C(=O)O. The number of nitrogens with zero attached hydrogens (tertiary/aromatic N) is 1. The van der Waals surface area contributed by atoms with Crippen LogP contribution in [0.3, 0.4) is 0 Å². The quantitative estimate of drug-likeness (QED) is 0.0138. The molecule has 26 heteroatoms. The van der Waals surface area contributed by atoms with Gasteiger partial charge in [0.2, 0.25) is 47.3 Å². The molecule has 0 bridgehead atoms. The number of guanidine groups is 1. The summed E-state index contributed by atoms with van der Waals surface area (Å²) < 4.78 is 0. The first kappa shape index (κ1) is 56.1. The van der Waals surface area contributed by atoms with Crippen molar-refractivity contribution < 1.29 is 58.5 Å². The second-order valence-corrected chi connectivity index (χ2v) is 15.5. The van der Waals surface area contributed by atoms with Crippen molar-refractivity contribution in [3.8, 4) is 0 Å². The van der Waals surface area contributed by atoms with E-state index < -0.39 is 134 Å². The predicted molar refractivity (Wildman–Crippen MR) is 228 cm³/mol. The van der Waals surface area contributed by atoms with Crippen LogP contribution in [0.1, 0.15) is 53.4 Å². The van der Waals surface area contributed by atoms with Gasteiger partial charge in [-0.2, -0.15) is 24.4 Å². The van der Waals surface area contributed by atoms with Gasteiger partial charge in [0, 0.05) is 12.3 Å². The number of carbonyl (C=O) groups is 9. The highest BCUT2D eigenvalue weighted by atomic mass is 32.2. The third-order valence-corrected chi connectivity index (χ3v) is 9.93. The van der Waals surface area contributed by atoms with E-state index in [0.29, 0.717) is 12.2 Å². The number of carbonyl (C=O) groups excluding carboxylic acids is 8. The second-order valence-electron chi connectivity index (χ2n) is 14.1. The lowest BCUT2D eigenvalue weighted by atomic mass is 9.97. The maximum atomic E-state index is 13.6. The number of hydrogen-bond acceptors (Lipinski definition) is 15. The zero-order valence-electron chi connectivity index (χ0n) is 35.0. The molecule has 0 heterocycles. The summed E-state index contributed by atoms with van der Waals surface area (Å²) in [6.45, 7) is 3.68. The lowest BCUT2D eigenvalue weighted by Crippen LogP contribution is -2.61. The maximum absolute atomic E-state index is 13.6. The summed E-state index contributed by atoms with van der Waals surface area (Å²) >= 11 is 5.34. The van der Waals surface area contributed by atoms with Crippen LogP contribution >= 0.6 is 24.4 Å². The lowest BCUT2D eigenvalue weighted by Gasteiger charge is -2.28. The molecular formula is C35H64N12O12S2. The Labute approximate surface area is 364 Å². The molecule has 0 spiro atoms. The van der Waals surface area contributed by atoms with Gasteiger partial charge in [-0.1, -0.05) is 34.1 Å². The third-order valence-electron chi connectivity index (χ3n) is 8.90. The minimum absolute atomic E-state index is 0.0130. The Morgan fingerprint density at radius 2 is 1.20 bits per heavy atom. The molecule has 0 unspecified atom stereocenters. The van der Waals surface area contributed by atoms with Crippen molar-refractivity contribution in [3.63, 3.8) is 0 Å². The summed E-state index contributed by atoms with van der Waals surface area (Å²) in [5.74, 6) is -8.80. The fraction of sp³-hybridized carbons (Fsp3) is 0.714. The van der Waals surface area contributed by atoms with Crippen LogP contribution in [0.4, 0.5) is 0 Å². The number of aliphatic hydroxyl groups excluding tert-OH is 2. The molecule has 0 aromatic rings. The van der Waals surface area contributed by atoms with E-state index in [0.717, 1.165) is 0 Å². The van der Waals surface area contributed by atoms with E-state index >= 15 is 0 Å². The van der Waals surface area contributed by atoms with Gasteiger partial charge < -0.3 is 75.1 Å². The molecule has 17 N–H and O–H groups in total. The summed E-state index contributed by atoms with van der Waals surface area (Å²) in [7, 11) is 0. The van der Waals surface area contributed by atoms with Crippen LogP contribution in [-0.2, 0) is 43.2 Å².